The van der Waals surface area contributed by atoms with Gasteiger partial charge in [-0.05, 0) is 58.7 Å². The van der Waals surface area contributed by atoms with Crippen molar-refractivity contribution in [1.82, 2.24) is 0 Å². The minimum atomic E-state index is 0.0936. The van der Waals surface area contributed by atoms with Crippen LogP contribution < -0.4 is 4.74 Å². The molecule has 0 spiro atoms. The summed E-state index contributed by atoms with van der Waals surface area (Å²) in [5.41, 5.74) is 1.69. The molecule has 0 bridgehead atoms. The van der Waals surface area contributed by atoms with E-state index in [9.17, 15) is 4.79 Å². The number of hydrogen-bond acceptors (Lipinski definition) is 2. The van der Waals surface area contributed by atoms with Crippen LogP contribution in [0.5, 0.6) is 5.75 Å². The summed E-state index contributed by atoms with van der Waals surface area (Å²) in [5, 5.41) is 0. The van der Waals surface area contributed by atoms with Crippen molar-refractivity contribution in [3.05, 3.63) is 62.5 Å². The Hall–Kier alpha value is -1.13. The molecule has 0 amide bonds. The minimum absolute atomic E-state index is 0.0936. The molecule has 0 aliphatic heterocycles. The molecule has 0 saturated carbocycles. The summed E-state index contributed by atoms with van der Waals surface area (Å²) < 4.78 is 7.26. The zero-order chi connectivity index (χ0) is 14.5. The Morgan fingerprint density at radius 3 is 2.40 bits per heavy atom. The Kier molecular flexibility index (Phi) is 5.38. The Morgan fingerprint density at radius 1 is 1.10 bits per heavy atom. The molecule has 0 radical (unpaired) electrons. The van der Waals surface area contributed by atoms with E-state index >= 15 is 0 Å². The first-order chi connectivity index (χ1) is 9.60. The maximum absolute atomic E-state index is 12.2. The summed E-state index contributed by atoms with van der Waals surface area (Å²) >= 11 is 6.81. The van der Waals surface area contributed by atoms with E-state index in [2.05, 4.69) is 31.9 Å². The Labute approximate surface area is 135 Å². The van der Waals surface area contributed by atoms with Gasteiger partial charge in [-0.1, -0.05) is 28.1 Å². The van der Waals surface area contributed by atoms with Crippen molar-refractivity contribution in [2.24, 2.45) is 0 Å². The number of ketones is 1. The zero-order valence-corrected chi connectivity index (χ0v) is 14.2. The first-order valence-corrected chi connectivity index (χ1v) is 7.88. The van der Waals surface area contributed by atoms with E-state index in [4.69, 9.17) is 4.74 Å². The van der Waals surface area contributed by atoms with E-state index in [1.54, 1.807) is 6.07 Å². The Bertz CT molecular complexity index is 606. The topological polar surface area (TPSA) is 26.3 Å². The van der Waals surface area contributed by atoms with Crippen LogP contribution in [0.2, 0.25) is 0 Å². The summed E-state index contributed by atoms with van der Waals surface area (Å²) in [6.07, 6.45) is 0.397. The normalized spacial score (nSPS) is 10.3. The van der Waals surface area contributed by atoms with Gasteiger partial charge in [-0.2, -0.15) is 0 Å². The van der Waals surface area contributed by atoms with Gasteiger partial charge in [-0.15, -0.1) is 0 Å². The van der Waals surface area contributed by atoms with Crippen LogP contribution in [0.15, 0.2) is 51.4 Å². The van der Waals surface area contributed by atoms with Crippen LogP contribution >= 0.6 is 31.9 Å². The van der Waals surface area contributed by atoms with Crippen LogP contribution in [0.1, 0.15) is 22.8 Å². The lowest BCUT2D eigenvalue weighted by Crippen LogP contribution is -2.04. The molecular weight excluding hydrogens is 384 g/mol. The highest BCUT2D eigenvalue weighted by Crippen LogP contribution is 2.26. The average molecular weight is 398 g/mol. The van der Waals surface area contributed by atoms with Crippen molar-refractivity contribution in [3.8, 4) is 5.75 Å². The predicted molar refractivity (Wildman–Crippen MR) is 87.5 cm³/mol. The van der Waals surface area contributed by atoms with Crippen LogP contribution in [0, 0.1) is 0 Å². The lowest BCUT2D eigenvalue weighted by atomic mass is 10.0. The van der Waals surface area contributed by atoms with Gasteiger partial charge in [0.25, 0.3) is 0 Å². The van der Waals surface area contributed by atoms with Gasteiger partial charge in [0.15, 0.2) is 5.78 Å². The molecule has 0 atom stereocenters. The smallest absolute Gasteiger partial charge is 0.167 e. The van der Waals surface area contributed by atoms with Gasteiger partial charge in [0.05, 0.1) is 11.1 Å². The van der Waals surface area contributed by atoms with Crippen LogP contribution in [0.25, 0.3) is 0 Å². The third-order valence-electron chi connectivity index (χ3n) is 2.83. The molecular formula is C16H14Br2O2. The summed E-state index contributed by atoms with van der Waals surface area (Å²) in [6.45, 7) is 2.53. The number of carbonyl (C=O) groups is 1. The number of carbonyl (C=O) groups excluding carboxylic acids is 1. The molecule has 0 saturated heterocycles. The average Bonchev–Trinajstić information content (AvgIpc) is 2.44. The fourth-order valence-electron chi connectivity index (χ4n) is 1.84. The summed E-state index contributed by atoms with van der Waals surface area (Å²) in [6, 6.07) is 13.2. The standard InChI is InChI=1S/C16H14Br2O2/c1-2-20-16-8-5-12(10-14(16)18)15(19)9-11-3-6-13(17)7-4-11/h3-8,10H,2,9H2,1H3. The monoisotopic (exact) mass is 396 g/mol. The molecule has 2 aromatic rings. The van der Waals surface area contributed by atoms with Gasteiger partial charge in [0.1, 0.15) is 5.75 Å². The number of rotatable bonds is 5. The van der Waals surface area contributed by atoms with Gasteiger partial charge >= 0.3 is 0 Å². The minimum Gasteiger partial charge on any atom is -0.493 e. The number of benzene rings is 2. The third kappa shape index (κ3) is 3.93. The molecule has 2 rings (SSSR count). The van der Waals surface area contributed by atoms with Crippen LogP contribution in [-0.2, 0) is 6.42 Å². The molecule has 20 heavy (non-hydrogen) atoms. The molecule has 0 aromatic heterocycles. The zero-order valence-electron chi connectivity index (χ0n) is 11.0. The molecule has 0 fully saturated rings. The van der Waals surface area contributed by atoms with Crippen molar-refractivity contribution < 1.29 is 9.53 Å². The largest absolute Gasteiger partial charge is 0.493 e. The SMILES string of the molecule is CCOc1ccc(C(=O)Cc2ccc(Br)cc2)cc1Br. The van der Waals surface area contributed by atoms with Gasteiger partial charge in [-0.25, -0.2) is 0 Å². The first kappa shape index (κ1) is 15.3. The Balaban J connectivity index is 2.13. The number of halogens is 2. The number of Topliss-reactive ketones (excluding diaryl/α,β-unsaturated/α-hetero) is 1. The van der Waals surface area contributed by atoms with Crippen molar-refractivity contribution in [3.63, 3.8) is 0 Å². The van der Waals surface area contributed by atoms with E-state index in [0.717, 1.165) is 20.3 Å². The van der Waals surface area contributed by atoms with Gasteiger partial charge < -0.3 is 4.74 Å². The second-order valence-corrected chi connectivity index (χ2v) is 6.07. The highest BCUT2D eigenvalue weighted by atomic mass is 79.9. The van der Waals surface area contributed by atoms with Gasteiger partial charge in [0.2, 0.25) is 0 Å². The van der Waals surface area contributed by atoms with Gasteiger partial charge in [-0.3, -0.25) is 4.79 Å². The molecule has 2 nitrogen and oxygen atoms in total. The number of hydrogen-bond donors (Lipinski definition) is 0. The highest BCUT2D eigenvalue weighted by molar-refractivity contribution is 9.10. The first-order valence-electron chi connectivity index (χ1n) is 6.30. The summed E-state index contributed by atoms with van der Waals surface area (Å²) in [4.78, 5) is 12.2. The third-order valence-corrected chi connectivity index (χ3v) is 3.98. The van der Waals surface area contributed by atoms with Crippen LogP contribution in [0.4, 0.5) is 0 Å². The van der Waals surface area contributed by atoms with Crippen molar-refractivity contribution >= 4 is 37.6 Å². The van der Waals surface area contributed by atoms with E-state index < -0.39 is 0 Å². The van der Waals surface area contributed by atoms with Crippen molar-refractivity contribution in [2.75, 3.05) is 6.61 Å². The maximum Gasteiger partial charge on any atom is 0.167 e. The Morgan fingerprint density at radius 2 is 1.80 bits per heavy atom. The summed E-state index contributed by atoms with van der Waals surface area (Å²) in [5.74, 6) is 0.851. The molecule has 2 aromatic carbocycles. The molecule has 0 aliphatic rings. The molecule has 0 unspecified atom stereocenters. The van der Waals surface area contributed by atoms with Crippen molar-refractivity contribution in [2.45, 2.75) is 13.3 Å². The maximum atomic E-state index is 12.2. The van der Waals surface area contributed by atoms with E-state index in [1.807, 2.05) is 43.3 Å². The quantitative estimate of drug-likeness (QED) is 0.661. The summed E-state index contributed by atoms with van der Waals surface area (Å²) in [7, 11) is 0. The van der Waals surface area contributed by atoms with E-state index in [0.29, 0.717) is 18.6 Å². The molecule has 0 aliphatic carbocycles. The lowest BCUT2D eigenvalue weighted by Gasteiger charge is -2.07. The van der Waals surface area contributed by atoms with Crippen LogP contribution in [0.3, 0.4) is 0 Å². The van der Waals surface area contributed by atoms with E-state index in [-0.39, 0.29) is 5.78 Å². The second-order valence-electron chi connectivity index (χ2n) is 4.30. The molecule has 0 N–H and O–H groups in total. The van der Waals surface area contributed by atoms with Gasteiger partial charge in [0, 0.05) is 16.5 Å². The molecule has 0 heterocycles. The lowest BCUT2D eigenvalue weighted by molar-refractivity contribution is 0.0993. The van der Waals surface area contributed by atoms with Crippen molar-refractivity contribution in [1.29, 1.82) is 0 Å². The highest BCUT2D eigenvalue weighted by Gasteiger charge is 2.10. The van der Waals surface area contributed by atoms with E-state index in [1.165, 1.54) is 0 Å². The second kappa shape index (κ2) is 7.04. The molecule has 4 heteroatoms. The number of ether oxygens (including phenoxy) is 1. The van der Waals surface area contributed by atoms with Crippen LogP contribution in [-0.4, -0.2) is 12.4 Å². The fourth-order valence-corrected chi connectivity index (χ4v) is 2.59. The molecule has 104 valence electrons. The fraction of sp³-hybridized carbons (Fsp3) is 0.188. The predicted octanol–water partition coefficient (Wildman–Crippen LogP) is 5.04.